The van der Waals surface area contributed by atoms with Crippen molar-refractivity contribution in [1.82, 2.24) is 9.78 Å². The standard InChI is InChI=1S/C17H23N5O3.ClH/c1-3-4-15(18)17(24)21-13-9-19-22(10-13)11-16(23)20-12-5-7-14(25-2)8-6-12;/h5-10,15H,3-4,11,18H2,1-2H3,(H,20,23)(H,21,24);1H. The van der Waals surface area contributed by atoms with Gasteiger partial charge in [0.15, 0.2) is 0 Å². The number of nitrogens with zero attached hydrogens (tertiary/aromatic N) is 2. The van der Waals surface area contributed by atoms with Gasteiger partial charge in [-0.25, -0.2) is 0 Å². The van der Waals surface area contributed by atoms with Gasteiger partial charge >= 0.3 is 0 Å². The van der Waals surface area contributed by atoms with E-state index in [1.54, 1.807) is 37.6 Å². The zero-order valence-corrected chi connectivity index (χ0v) is 15.6. The predicted molar refractivity (Wildman–Crippen MR) is 103 cm³/mol. The molecule has 26 heavy (non-hydrogen) atoms. The largest absolute Gasteiger partial charge is 0.497 e. The molecule has 1 atom stereocenters. The highest BCUT2D eigenvalue weighted by molar-refractivity contribution is 5.94. The van der Waals surface area contributed by atoms with E-state index in [1.165, 1.54) is 10.9 Å². The number of halogens is 1. The molecular formula is C17H24ClN5O3. The van der Waals surface area contributed by atoms with E-state index < -0.39 is 6.04 Å². The number of nitrogens with one attached hydrogen (secondary N) is 2. The van der Waals surface area contributed by atoms with Gasteiger partial charge < -0.3 is 21.1 Å². The molecule has 0 bridgehead atoms. The molecule has 0 fully saturated rings. The quantitative estimate of drug-likeness (QED) is 0.647. The van der Waals surface area contributed by atoms with Crippen LogP contribution in [-0.4, -0.2) is 34.7 Å². The van der Waals surface area contributed by atoms with Gasteiger partial charge in [0, 0.05) is 11.9 Å². The molecule has 2 aromatic rings. The van der Waals surface area contributed by atoms with Crippen LogP contribution in [0.3, 0.4) is 0 Å². The molecule has 142 valence electrons. The number of amides is 2. The molecule has 1 unspecified atom stereocenters. The van der Waals surface area contributed by atoms with Crippen LogP contribution in [0.4, 0.5) is 11.4 Å². The molecule has 0 saturated heterocycles. The lowest BCUT2D eigenvalue weighted by Gasteiger charge is -2.09. The summed E-state index contributed by atoms with van der Waals surface area (Å²) in [4.78, 5) is 23.9. The molecule has 9 heteroatoms. The van der Waals surface area contributed by atoms with Gasteiger partial charge in [0.1, 0.15) is 12.3 Å². The highest BCUT2D eigenvalue weighted by Crippen LogP contribution is 2.15. The van der Waals surface area contributed by atoms with E-state index in [-0.39, 0.29) is 30.8 Å². The molecule has 1 aromatic carbocycles. The van der Waals surface area contributed by atoms with Crippen molar-refractivity contribution in [3.63, 3.8) is 0 Å². The molecule has 1 heterocycles. The number of benzene rings is 1. The van der Waals surface area contributed by atoms with Crippen molar-refractivity contribution in [2.45, 2.75) is 32.4 Å². The van der Waals surface area contributed by atoms with Gasteiger partial charge in [-0.2, -0.15) is 5.10 Å². The fourth-order valence-corrected chi connectivity index (χ4v) is 2.21. The Morgan fingerprint density at radius 1 is 1.23 bits per heavy atom. The van der Waals surface area contributed by atoms with E-state index >= 15 is 0 Å². The zero-order chi connectivity index (χ0) is 18.2. The average Bonchev–Trinajstić information content (AvgIpc) is 3.02. The van der Waals surface area contributed by atoms with E-state index in [0.717, 1.165) is 6.42 Å². The first-order valence-corrected chi connectivity index (χ1v) is 8.04. The van der Waals surface area contributed by atoms with Gasteiger partial charge in [0.25, 0.3) is 0 Å². The van der Waals surface area contributed by atoms with Gasteiger partial charge in [-0.3, -0.25) is 14.3 Å². The third-order valence-corrected chi connectivity index (χ3v) is 3.52. The molecule has 4 N–H and O–H groups in total. The monoisotopic (exact) mass is 381 g/mol. The Morgan fingerprint density at radius 2 is 1.92 bits per heavy atom. The minimum Gasteiger partial charge on any atom is -0.497 e. The number of nitrogens with two attached hydrogens (primary N) is 1. The Morgan fingerprint density at radius 3 is 2.54 bits per heavy atom. The van der Waals surface area contributed by atoms with Crippen LogP contribution in [0, 0.1) is 0 Å². The summed E-state index contributed by atoms with van der Waals surface area (Å²) < 4.78 is 6.51. The summed E-state index contributed by atoms with van der Waals surface area (Å²) in [5.41, 5.74) is 6.93. The highest BCUT2D eigenvalue weighted by atomic mass is 35.5. The number of carbonyl (C=O) groups is 2. The molecule has 1 aromatic heterocycles. The number of aromatic nitrogens is 2. The second kappa shape index (κ2) is 10.4. The number of rotatable bonds is 8. The summed E-state index contributed by atoms with van der Waals surface area (Å²) in [5.74, 6) is 0.227. The van der Waals surface area contributed by atoms with E-state index in [4.69, 9.17) is 10.5 Å². The SMILES string of the molecule is CCCC(N)C(=O)Nc1cnn(CC(=O)Nc2ccc(OC)cc2)c1.Cl. The Balaban J connectivity index is 0.00000338. The maximum Gasteiger partial charge on any atom is 0.246 e. The van der Waals surface area contributed by atoms with Crippen LogP contribution < -0.4 is 21.1 Å². The van der Waals surface area contributed by atoms with Gasteiger partial charge in [-0.05, 0) is 30.7 Å². The lowest BCUT2D eigenvalue weighted by atomic mass is 10.2. The maximum absolute atomic E-state index is 12.1. The zero-order valence-electron chi connectivity index (χ0n) is 14.8. The van der Waals surface area contributed by atoms with Crippen molar-refractivity contribution in [2.75, 3.05) is 17.7 Å². The molecule has 8 nitrogen and oxygen atoms in total. The van der Waals surface area contributed by atoms with Crippen LogP contribution in [0.1, 0.15) is 19.8 Å². The van der Waals surface area contributed by atoms with Crippen molar-refractivity contribution in [3.05, 3.63) is 36.7 Å². The third kappa shape index (κ3) is 6.38. The molecule has 2 amide bonds. The van der Waals surface area contributed by atoms with Crippen LogP contribution in [0.15, 0.2) is 36.7 Å². The number of methoxy groups -OCH3 is 1. The van der Waals surface area contributed by atoms with E-state index in [0.29, 0.717) is 23.5 Å². The van der Waals surface area contributed by atoms with Gasteiger partial charge in [-0.1, -0.05) is 13.3 Å². The summed E-state index contributed by atoms with van der Waals surface area (Å²) >= 11 is 0. The maximum atomic E-state index is 12.1. The first-order valence-electron chi connectivity index (χ1n) is 8.04. The number of carbonyl (C=O) groups excluding carboxylic acids is 2. The van der Waals surface area contributed by atoms with E-state index in [1.807, 2.05) is 6.92 Å². The fourth-order valence-electron chi connectivity index (χ4n) is 2.21. The minimum atomic E-state index is -0.549. The summed E-state index contributed by atoms with van der Waals surface area (Å²) in [6.45, 7) is 2.00. The molecule has 0 aliphatic rings. The molecule has 0 radical (unpaired) electrons. The van der Waals surface area contributed by atoms with Crippen molar-refractivity contribution < 1.29 is 14.3 Å². The van der Waals surface area contributed by atoms with Crippen molar-refractivity contribution in [2.24, 2.45) is 5.73 Å². The smallest absolute Gasteiger partial charge is 0.246 e. The molecule has 0 spiro atoms. The predicted octanol–water partition coefficient (Wildman–Crippen LogP) is 2.02. The van der Waals surface area contributed by atoms with Gasteiger partial charge in [0.05, 0.1) is 25.0 Å². The Kier molecular flexibility index (Phi) is 8.60. The third-order valence-electron chi connectivity index (χ3n) is 3.52. The summed E-state index contributed by atoms with van der Waals surface area (Å²) in [5, 5.41) is 9.52. The summed E-state index contributed by atoms with van der Waals surface area (Å²) in [6, 6.07) is 6.47. The Labute approximate surface area is 158 Å². The first-order chi connectivity index (χ1) is 12.0. The first kappa shape index (κ1) is 21.5. The minimum absolute atomic E-state index is 0. The summed E-state index contributed by atoms with van der Waals surface area (Å²) in [6.07, 6.45) is 4.52. The number of hydrogen-bond acceptors (Lipinski definition) is 5. The second-order valence-corrected chi connectivity index (χ2v) is 5.59. The number of anilines is 2. The molecule has 0 aliphatic carbocycles. The lowest BCUT2D eigenvalue weighted by molar-refractivity contribution is -0.118. The molecule has 0 saturated carbocycles. The van der Waals surface area contributed by atoms with E-state index in [2.05, 4.69) is 15.7 Å². The number of ether oxygens (including phenoxy) is 1. The molecular weight excluding hydrogens is 358 g/mol. The van der Waals surface area contributed by atoms with Crippen molar-refractivity contribution >= 4 is 35.6 Å². The van der Waals surface area contributed by atoms with Crippen molar-refractivity contribution in [1.29, 1.82) is 0 Å². The van der Waals surface area contributed by atoms with Crippen LogP contribution in [0.5, 0.6) is 5.75 Å². The summed E-state index contributed by atoms with van der Waals surface area (Å²) in [7, 11) is 1.58. The average molecular weight is 382 g/mol. The van der Waals surface area contributed by atoms with Crippen LogP contribution >= 0.6 is 12.4 Å². The fraction of sp³-hybridized carbons (Fsp3) is 0.353. The Hall–Kier alpha value is -2.58. The number of hydrogen-bond donors (Lipinski definition) is 3. The van der Waals surface area contributed by atoms with Crippen LogP contribution in [-0.2, 0) is 16.1 Å². The van der Waals surface area contributed by atoms with Gasteiger partial charge in [0.2, 0.25) is 11.8 Å². The Bertz CT molecular complexity index is 717. The second-order valence-electron chi connectivity index (χ2n) is 5.59. The lowest BCUT2D eigenvalue weighted by Crippen LogP contribution is -2.35. The van der Waals surface area contributed by atoms with Gasteiger partial charge in [-0.15, -0.1) is 12.4 Å². The topological polar surface area (TPSA) is 111 Å². The van der Waals surface area contributed by atoms with E-state index in [9.17, 15) is 9.59 Å². The van der Waals surface area contributed by atoms with Crippen LogP contribution in [0.25, 0.3) is 0 Å². The molecule has 0 aliphatic heterocycles. The normalized spacial score (nSPS) is 11.2. The molecule has 2 rings (SSSR count). The van der Waals surface area contributed by atoms with Crippen LogP contribution in [0.2, 0.25) is 0 Å². The van der Waals surface area contributed by atoms with Crippen molar-refractivity contribution in [3.8, 4) is 5.75 Å². The highest BCUT2D eigenvalue weighted by Gasteiger charge is 2.13.